The molecule has 154 valence electrons. The van der Waals surface area contributed by atoms with E-state index in [9.17, 15) is 9.59 Å². The smallest absolute Gasteiger partial charge is 0.331 e. The SMILES string of the molecule is CCN(Cc1ccc(OC)c(OC)c1)C(=O)COC(=O)/C=C/c1ccccc1C. The highest BCUT2D eigenvalue weighted by molar-refractivity contribution is 5.89. The van der Waals surface area contributed by atoms with Crippen LogP contribution in [0.1, 0.15) is 23.6 Å². The second-order valence-electron chi connectivity index (χ2n) is 6.39. The van der Waals surface area contributed by atoms with Gasteiger partial charge in [-0.25, -0.2) is 4.79 Å². The van der Waals surface area contributed by atoms with E-state index in [4.69, 9.17) is 14.2 Å². The second-order valence-corrected chi connectivity index (χ2v) is 6.39. The molecule has 0 fully saturated rings. The van der Waals surface area contributed by atoms with Gasteiger partial charge in [-0.05, 0) is 48.7 Å². The van der Waals surface area contributed by atoms with E-state index in [-0.39, 0.29) is 12.5 Å². The zero-order valence-corrected chi connectivity index (χ0v) is 17.3. The molecule has 6 heteroatoms. The standard InChI is InChI=1S/C23H27NO5/c1-5-24(15-18-10-12-20(27-3)21(14-18)28-4)22(25)16-29-23(26)13-11-19-9-7-6-8-17(19)2/h6-14H,5,15-16H2,1-4H3/b13-11+. The summed E-state index contributed by atoms with van der Waals surface area (Å²) in [7, 11) is 3.13. The molecule has 0 N–H and O–H groups in total. The van der Waals surface area contributed by atoms with Crippen molar-refractivity contribution in [1.82, 2.24) is 4.90 Å². The molecule has 2 aromatic carbocycles. The molecule has 0 saturated carbocycles. The lowest BCUT2D eigenvalue weighted by molar-refractivity contribution is -0.148. The van der Waals surface area contributed by atoms with Crippen molar-refractivity contribution in [2.75, 3.05) is 27.4 Å². The maximum Gasteiger partial charge on any atom is 0.331 e. The number of esters is 1. The van der Waals surface area contributed by atoms with Crippen LogP contribution in [-0.4, -0.2) is 44.1 Å². The lowest BCUT2D eigenvalue weighted by Crippen LogP contribution is -2.34. The molecule has 0 aliphatic rings. The summed E-state index contributed by atoms with van der Waals surface area (Å²) in [5.74, 6) is 0.407. The van der Waals surface area contributed by atoms with Gasteiger partial charge in [0, 0.05) is 19.2 Å². The van der Waals surface area contributed by atoms with Crippen molar-refractivity contribution in [1.29, 1.82) is 0 Å². The molecule has 29 heavy (non-hydrogen) atoms. The Balaban J connectivity index is 1.92. The monoisotopic (exact) mass is 397 g/mol. The molecule has 0 unspecified atom stereocenters. The number of carbonyl (C=O) groups excluding carboxylic acids is 2. The number of hydrogen-bond donors (Lipinski definition) is 0. The van der Waals surface area contributed by atoms with Crippen LogP contribution in [-0.2, 0) is 20.9 Å². The van der Waals surface area contributed by atoms with Gasteiger partial charge in [0.25, 0.3) is 5.91 Å². The Kier molecular flexibility index (Phi) is 8.27. The number of aryl methyl sites for hydroxylation is 1. The molecule has 6 nitrogen and oxygen atoms in total. The summed E-state index contributed by atoms with van der Waals surface area (Å²) in [5.41, 5.74) is 2.88. The van der Waals surface area contributed by atoms with Crippen molar-refractivity contribution in [2.24, 2.45) is 0 Å². The summed E-state index contributed by atoms with van der Waals surface area (Å²) < 4.78 is 15.6. The Morgan fingerprint density at radius 1 is 1.03 bits per heavy atom. The maximum atomic E-state index is 12.5. The zero-order chi connectivity index (χ0) is 21.2. The number of methoxy groups -OCH3 is 2. The predicted octanol–water partition coefficient (Wildman–Crippen LogP) is 3.62. The molecule has 0 aliphatic heterocycles. The third-order valence-electron chi connectivity index (χ3n) is 4.48. The predicted molar refractivity (Wildman–Crippen MR) is 112 cm³/mol. The number of amides is 1. The van der Waals surface area contributed by atoms with Crippen LogP contribution in [0.25, 0.3) is 6.08 Å². The molecule has 2 aromatic rings. The first-order valence-corrected chi connectivity index (χ1v) is 9.37. The molecule has 0 saturated heterocycles. The van der Waals surface area contributed by atoms with Gasteiger partial charge in [-0.15, -0.1) is 0 Å². The summed E-state index contributed by atoms with van der Waals surface area (Å²) in [5, 5.41) is 0. The van der Waals surface area contributed by atoms with Crippen molar-refractivity contribution in [3.8, 4) is 11.5 Å². The fourth-order valence-corrected chi connectivity index (χ4v) is 2.78. The minimum absolute atomic E-state index is 0.264. The van der Waals surface area contributed by atoms with Crippen LogP contribution in [0.3, 0.4) is 0 Å². The van der Waals surface area contributed by atoms with Gasteiger partial charge in [0.1, 0.15) is 0 Å². The van der Waals surface area contributed by atoms with E-state index < -0.39 is 5.97 Å². The Morgan fingerprint density at radius 2 is 1.76 bits per heavy atom. The van der Waals surface area contributed by atoms with E-state index in [2.05, 4.69) is 0 Å². The first-order chi connectivity index (χ1) is 14.0. The highest BCUT2D eigenvalue weighted by Gasteiger charge is 2.15. The van der Waals surface area contributed by atoms with E-state index in [0.29, 0.717) is 24.6 Å². The molecule has 0 radical (unpaired) electrons. The van der Waals surface area contributed by atoms with Gasteiger partial charge in [0.05, 0.1) is 14.2 Å². The molecule has 0 atom stereocenters. The topological polar surface area (TPSA) is 65.1 Å². The Hall–Kier alpha value is -3.28. The molecule has 0 aliphatic carbocycles. The Bertz CT molecular complexity index is 875. The van der Waals surface area contributed by atoms with Crippen molar-refractivity contribution < 1.29 is 23.8 Å². The van der Waals surface area contributed by atoms with Gasteiger partial charge in [0.2, 0.25) is 0 Å². The largest absolute Gasteiger partial charge is 0.493 e. The first kappa shape index (κ1) is 22.0. The Morgan fingerprint density at radius 3 is 2.41 bits per heavy atom. The molecule has 1 amide bonds. The van der Waals surface area contributed by atoms with E-state index in [1.54, 1.807) is 31.3 Å². The van der Waals surface area contributed by atoms with E-state index >= 15 is 0 Å². The van der Waals surface area contributed by atoms with Crippen LogP contribution >= 0.6 is 0 Å². The van der Waals surface area contributed by atoms with Crippen molar-refractivity contribution in [3.63, 3.8) is 0 Å². The summed E-state index contributed by atoms with van der Waals surface area (Å²) in [6.07, 6.45) is 3.02. The third-order valence-corrected chi connectivity index (χ3v) is 4.48. The summed E-state index contributed by atoms with van der Waals surface area (Å²) in [6.45, 7) is 4.40. The number of nitrogens with zero attached hydrogens (tertiary/aromatic N) is 1. The highest BCUT2D eigenvalue weighted by Crippen LogP contribution is 2.28. The summed E-state index contributed by atoms with van der Waals surface area (Å²) in [6, 6.07) is 13.2. The summed E-state index contributed by atoms with van der Waals surface area (Å²) in [4.78, 5) is 26.0. The first-order valence-electron chi connectivity index (χ1n) is 9.37. The third kappa shape index (κ3) is 6.38. The van der Waals surface area contributed by atoms with Crippen LogP contribution in [0.5, 0.6) is 11.5 Å². The zero-order valence-electron chi connectivity index (χ0n) is 17.3. The maximum absolute atomic E-state index is 12.5. The number of likely N-dealkylation sites (N-methyl/N-ethyl adjacent to an activating group) is 1. The van der Waals surface area contributed by atoms with E-state index in [1.165, 1.54) is 6.08 Å². The molecule has 0 spiro atoms. The van der Waals surface area contributed by atoms with Crippen LogP contribution in [0, 0.1) is 6.92 Å². The quantitative estimate of drug-likeness (QED) is 0.478. The number of ether oxygens (including phenoxy) is 3. The van der Waals surface area contributed by atoms with Crippen molar-refractivity contribution in [3.05, 3.63) is 65.2 Å². The van der Waals surface area contributed by atoms with Crippen molar-refractivity contribution in [2.45, 2.75) is 20.4 Å². The van der Waals surface area contributed by atoms with Crippen LogP contribution in [0.15, 0.2) is 48.5 Å². The van der Waals surface area contributed by atoms with Gasteiger partial charge >= 0.3 is 5.97 Å². The molecule has 0 bridgehead atoms. The summed E-state index contributed by atoms with van der Waals surface area (Å²) >= 11 is 0. The normalized spacial score (nSPS) is 10.6. The van der Waals surface area contributed by atoms with Gasteiger partial charge in [-0.1, -0.05) is 30.3 Å². The van der Waals surface area contributed by atoms with E-state index in [0.717, 1.165) is 16.7 Å². The van der Waals surface area contributed by atoms with E-state index in [1.807, 2.05) is 50.2 Å². The van der Waals surface area contributed by atoms with Gasteiger partial charge < -0.3 is 19.1 Å². The average Bonchev–Trinajstić information content (AvgIpc) is 2.74. The molecular weight excluding hydrogens is 370 g/mol. The molecule has 0 heterocycles. The average molecular weight is 397 g/mol. The number of rotatable bonds is 9. The van der Waals surface area contributed by atoms with Crippen LogP contribution in [0.4, 0.5) is 0 Å². The molecule has 0 aromatic heterocycles. The fraction of sp³-hybridized carbons (Fsp3) is 0.304. The number of carbonyl (C=O) groups is 2. The highest BCUT2D eigenvalue weighted by atomic mass is 16.5. The van der Waals surface area contributed by atoms with Gasteiger partial charge in [0.15, 0.2) is 18.1 Å². The van der Waals surface area contributed by atoms with Gasteiger partial charge in [-0.3, -0.25) is 4.79 Å². The number of benzene rings is 2. The fourth-order valence-electron chi connectivity index (χ4n) is 2.78. The van der Waals surface area contributed by atoms with Crippen molar-refractivity contribution >= 4 is 18.0 Å². The number of hydrogen-bond acceptors (Lipinski definition) is 5. The minimum Gasteiger partial charge on any atom is -0.493 e. The van der Waals surface area contributed by atoms with Crippen LogP contribution in [0.2, 0.25) is 0 Å². The second kappa shape index (κ2) is 10.9. The van der Waals surface area contributed by atoms with Crippen LogP contribution < -0.4 is 9.47 Å². The Labute approximate surface area is 171 Å². The molecular formula is C23H27NO5. The molecule has 2 rings (SSSR count). The minimum atomic E-state index is -0.552. The van der Waals surface area contributed by atoms with Gasteiger partial charge in [-0.2, -0.15) is 0 Å². The lowest BCUT2D eigenvalue weighted by Gasteiger charge is -2.21. The lowest BCUT2D eigenvalue weighted by atomic mass is 10.1.